The third-order valence-corrected chi connectivity index (χ3v) is 4.12. The van der Waals surface area contributed by atoms with E-state index >= 15 is 0 Å². The van der Waals surface area contributed by atoms with Crippen molar-refractivity contribution >= 4 is 0 Å². The van der Waals surface area contributed by atoms with Gasteiger partial charge in [0.05, 0.1) is 0 Å². The van der Waals surface area contributed by atoms with Crippen molar-refractivity contribution in [2.45, 2.75) is 65.3 Å². The van der Waals surface area contributed by atoms with Gasteiger partial charge in [0.1, 0.15) is 0 Å². The molecule has 0 bridgehead atoms. The maximum atomic E-state index is 3.72. The highest BCUT2D eigenvalue weighted by Crippen LogP contribution is 2.27. The highest BCUT2D eigenvalue weighted by Gasteiger charge is 2.15. The summed E-state index contributed by atoms with van der Waals surface area (Å²) in [6.07, 6.45) is 7.75. The van der Waals surface area contributed by atoms with Gasteiger partial charge in [-0.2, -0.15) is 0 Å². The normalized spacial score (nSPS) is 16.4. The van der Waals surface area contributed by atoms with Gasteiger partial charge in [0.2, 0.25) is 0 Å². The zero-order chi connectivity index (χ0) is 13.7. The minimum absolute atomic E-state index is 0.534. The Morgan fingerprint density at radius 1 is 1.11 bits per heavy atom. The first-order valence-electron chi connectivity index (χ1n) is 8.05. The van der Waals surface area contributed by atoms with Crippen molar-refractivity contribution in [2.24, 2.45) is 5.92 Å². The smallest absolute Gasteiger partial charge is 0.0322 e. The zero-order valence-electron chi connectivity index (χ0n) is 12.8. The Bertz CT molecular complexity index is 395. The van der Waals surface area contributed by atoms with Crippen LogP contribution in [-0.4, -0.2) is 6.54 Å². The van der Waals surface area contributed by atoms with Gasteiger partial charge in [-0.3, -0.25) is 0 Å². The number of aryl methyl sites for hydroxylation is 2. The molecular formula is C18H29N. The van der Waals surface area contributed by atoms with Crippen molar-refractivity contribution in [1.29, 1.82) is 0 Å². The topological polar surface area (TPSA) is 12.0 Å². The molecule has 0 fully saturated rings. The summed E-state index contributed by atoms with van der Waals surface area (Å²) in [7, 11) is 0. The maximum absolute atomic E-state index is 3.72. The molecule has 2 rings (SSSR count). The first kappa shape index (κ1) is 14.6. The second-order valence-corrected chi connectivity index (χ2v) is 6.37. The molecule has 0 aromatic heterocycles. The van der Waals surface area contributed by atoms with Gasteiger partial charge in [0, 0.05) is 6.04 Å². The molecule has 1 aromatic carbocycles. The number of benzene rings is 1. The van der Waals surface area contributed by atoms with E-state index in [2.05, 4.69) is 44.3 Å². The van der Waals surface area contributed by atoms with Crippen LogP contribution in [0.15, 0.2) is 18.2 Å². The molecule has 1 aromatic rings. The molecule has 0 aliphatic heterocycles. The van der Waals surface area contributed by atoms with Crippen LogP contribution in [0, 0.1) is 5.92 Å². The molecule has 106 valence electrons. The van der Waals surface area contributed by atoms with E-state index in [1.165, 1.54) is 44.1 Å². The summed E-state index contributed by atoms with van der Waals surface area (Å²) in [6, 6.07) is 7.75. The molecule has 1 aliphatic carbocycles. The summed E-state index contributed by atoms with van der Waals surface area (Å²) in [4.78, 5) is 0. The van der Waals surface area contributed by atoms with Crippen molar-refractivity contribution in [3.8, 4) is 0 Å². The van der Waals surface area contributed by atoms with Gasteiger partial charge in [-0.15, -0.1) is 0 Å². The lowest BCUT2D eigenvalue weighted by molar-refractivity contribution is 0.429. The van der Waals surface area contributed by atoms with Crippen molar-refractivity contribution in [1.82, 2.24) is 5.32 Å². The summed E-state index contributed by atoms with van der Waals surface area (Å²) in [5, 5.41) is 3.72. The molecule has 0 radical (unpaired) electrons. The quantitative estimate of drug-likeness (QED) is 0.784. The molecular weight excluding hydrogens is 230 g/mol. The summed E-state index contributed by atoms with van der Waals surface area (Å²) < 4.78 is 0. The first-order valence-corrected chi connectivity index (χ1v) is 8.05. The summed E-state index contributed by atoms with van der Waals surface area (Å²) in [5.74, 6) is 0.741. The fraction of sp³-hybridized carbons (Fsp3) is 0.667. The monoisotopic (exact) mass is 259 g/mol. The Morgan fingerprint density at radius 2 is 1.84 bits per heavy atom. The lowest BCUT2D eigenvalue weighted by Gasteiger charge is -2.24. The summed E-state index contributed by atoms with van der Waals surface area (Å²) >= 11 is 0. The molecule has 0 heterocycles. The third-order valence-electron chi connectivity index (χ3n) is 4.12. The summed E-state index contributed by atoms with van der Waals surface area (Å²) in [5.41, 5.74) is 4.70. The Morgan fingerprint density at radius 3 is 2.53 bits per heavy atom. The number of hydrogen-bond donors (Lipinski definition) is 1. The minimum Gasteiger partial charge on any atom is -0.310 e. The van der Waals surface area contributed by atoms with Crippen LogP contribution in [0.2, 0.25) is 0 Å². The van der Waals surface area contributed by atoms with Gasteiger partial charge in [-0.25, -0.2) is 0 Å². The van der Waals surface area contributed by atoms with Crippen LogP contribution in [-0.2, 0) is 12.8 Å². The Labute approximate surface area is 118 Å². The van der Waals surface area contributed by atoms with E-state index < -0.39 is 0 Å². The van der Waals surface area contributed by atoms with Crippen LogP contribution in [0.1, 0.15) is 69.2 Å². The third kappa shape index (κ3) is 4.07. The highest BCUT2D eigenvalue weighted by atomic mass is 14.9. The van der Waals surface area contributed by atoms with Crippen molar-refractivity contribution in [3.63, 3.8) is 0 Å². The molecule has 0 saturated carbocycles. The second-order valence-electron chi connectivity index (χ2n) is 6.37. The Kier molecular flexibility index (Phi) is 5.45. The van der Waals surface area contributed by atoms with E-state index in [1.54, 1.807) is 11.1 Å². The van der Waals surface area contributed by atoms with Crippen molar-refractivity contribution in [2.75, 3.05) is 6.54 Å². The molecule has 0 spiro atoms. The van der Waals surface area contributed by atoms with E-state index in [-0.39, 0.29) is 0 Å². The predicted octanol–water partition coefficient (Wildman–Crippen LogP) is 4.65. The van der Waals surface area contributed by atoms with E-state index in [4.69, 9.17) is 0 Å². The lowest BCUT2D eigenvalue weighted by atomic mass is 9.87. The Hall–Kier alpha value is -0.820. The van der Waals surface area contributed by atoms with E-state index in [0.717, 1.165) is 12.5 Å². The SMILES string of the molecule is CCCNC(CC(C)C)c1ccc2c(c1)CCCC2. The molecule has 19 heavy (non-hydrogen) atoms. The van der Waals surface area contributed by atoms with Gasteiger partial charge in [0.15, 0.2) is 0 Å². The van der Waals surface area contributed by atoms with Gasteiger partial charge >= 0.3 is 0 Å². The lowest BCUT2D eigenvalue weighted by Crippen LogP contribution is -2.24. The van der Waals surface area contributed by atoms with Crippen molar-refractivity contribution in [3.05, 3.63) is 34.9 Å². The fourth-order valence-electron chi connectivity index (χ4n) is 3.10. The second kappa shape index (κ2) is 7.09. The van der Waals surface area contributed by atoms with Crippen LogP contribution in [0.25, 0.3) is 0 Å². The molecule has 0 saturated heterocycles. The van der Waals surface area contributed by atoms with Crippen LogP contribution >= 0.6 is 0 Å². The van der Waals surface area contributed by atoms with Crippen LogP contribution in [0.3, 0.4) is 0 Å². The van der Waals surface area contributed by atoms with Gasteiger partial charge < -0.3 is 5.32 Å². The largest absolute Gasteiger partial charge is 0.310 e. The maximum Gasteiger partial charge on any atom is 0.0322 e. The predicted molar refractivity (Wildman–Crippen MR) is 83.6 cm³/mol. The average molecular weight is 259 g/mol. The van der Waals surface area contributed by atoms with Gasteiger partial charge in [-0.1, -0.05) is 39.0 Å². The summed E-state index contributed by atoms with van der Waals surface area (Å²) in [6.45, 7) is 8.00. The first-order chi connectivity index (χ1) is 9.20. The molecule has 1 heteroatoms. The minimum atomic E-state index is 0.534. The molecule has 1 N–H and O–H groups in total. The number of fused-ring (bicyclic) bond motifs is 1. The van der Waals surface area contributed by atoms with Crippen molar-refractivity contribution < 1.29 is 0 Å². The number of nitrogens with one attached hydrogen (secondary N) is 1. The van der Waals surface area contributed by atoms with Crippen LogP contribution in [0.5, 0.6) is 0 Å². The Balaban J connectivity index is 2.15. The fourth-order valence-corrected chi connectivity index (χ4v) is 3.10. The molecule has 0 amide bonds. The molecule has 1 aliphatic rings. The standard InChI is InChI=1S/C18H29N/c1-4-11-19-18(12-14(2)3)17-10-9-15-7-5-6-8-16(15)13-17/h9-10,13-14,18-19H,4-8,11-12H2,1-3H3. The van der Waals surface area contributed by atoms with E-state index in [0.29, 0.717) is 6.04 Å². The van der Waals surface area contributed by atoms with Crippen LogP contribution in [0.4, 0.5) is 0 Å². The van der Waals surface area contributed by atoms with Gasteiger partial charge in [0.25, 0.3) is 0 Å². The highest BCUT2D eigenvalue weighted by molar-refractivity contribution is 5.35. The molecule has 1 unspecified atom stereocenters. The molecule has 1 atom stereocenters. The van der Waals surface area contributed by atoms with Crippen LogP contribution < -0.4 is 5.32 Å². The van der Waals surface area contributed by atoms with Gasteiger partial charge in [-0.05, 0) is 67.7 Å². The zero-order valence-corrected chi connectivity index (χ0v) is 12.8. The van der Waals surface area contributed by atoms with E-state index in [1.807, 2.05) is 0 Å². The molecule has 1 nitrogen and oxygen atoms in total. The average Bonchev–Trinajstić information content (AvgIpc) is 2.42. The number of rotatable bonds is 6. The van der Waals surface area contributed by atoms with E-state index in [9.17, 15) is 0 Å². The number of hydrogen-bond acceptors (Lipinski definition) is 1.